The van der Waals surface area contributed by atoms with Gasteiger partial charge in [0.15, 0.2) is 0 Å². The fourth-order valence-electron chi connectivity index (χ4n) is 1.67. The molecule has 0 unspecified atom stereocenters. The number of anilines is 1. The van der Waals surface area contributed by atoms with Gasteiger partial charge in [0.05, 0.1) is 5.69 Å². The lowest BCUT2D eigenvalue weighted by Crippen LogP contribution is -2.29. The SMILES string of the molecule is NNC1=Nc2ccc(N)cc2CCC1. The summed E-state index contributed by atoms with van der Waals surface area (Å²) in [4.78, 5) is 4.42. The van der Waals surface area contributed by atoms with Crippen LogP contribution in [0.3, 0.4) is 0 Å². The van der Waals surface area contributed by atoms with Crippen LogP contribution in [0, 0.1) is 0 Å². The maximum atomic E-state index is 5.71. The van der Waals surface area contributed by atoms with Crippen LogP contribution in [0.2, 0.25) is 0 Å². The van der Waals surface area contributed by atoms with Gasteiger partial charge >= 0.3 is 0 Å². The molecular formula is C10H14N4. The number of benzene rings is 1. The minimum atomic E-state index is 0.795. The van der Waals surface area contributed by atoms with Crippen molar-refractivity contribution in [1.29, 1.82) is 0 Å². The summed E-state index contributed by atoms with van der Waals surface area (Å²) in [5.74, 6) is 6.20. The molecule has 0 saturated heterocycles. The second-order valence-electron chi connectivity index (χ2n) is 3.44. The summed E-state index contributed by atoms with van der Waals surface area (Å²) in [7, 11) is 0. The average molecular weight is 190 g/mol. The molecule has 14 heavy (non-hydrogen) atoms. The Morgan fingerprint density at radius 3 is 2.93 bits per heavy atom. The summed E-state index contributed by atoms with van der Waals surface area (Å²) in [6.07, 6.45) is 2.96. The molecule has 1 heterocycles. The van der Waals surface area contributed by atoms with Gasteiger partial charge in [-0.3, -0.25) is 0 Å². The number of nitrogens with one attached hydrogen (secondary N) is 1. The van der Waals surface area contributed by atoms with Gasteiger partial charge in [0.2, 0.25) is 0 Å². The topological polar surface area (TPSA) is 76.4 Å². The first-order chi connectivity index (χ1) is 6.79. The number of nitrogens with two attached hydrogens (primary N) is 2. The van der Waals surface area contributed by atoms with Crippen LogP contribution in [-0.4, -0.2) is 5.84 Å². The van der Waals surface area contributed by atoms with Crippen molar-refractivity contribution in [2.24, 2.45) is 10.8 Å². The number of amidine groups is 1. The van der Waals surface area contributed by atoms with Crippen LogP contribution in [-0.2, 0) is 6.42 Å². The summed E-state index contributed by atoms with van der Waals surface area (Å²) in [6.45, 7) is 0. The highest BCUT2D eigenvalue weighted by Crippen LogP contribution is 2.26. The van der Waals surface area contributed by atoms with Gasteiger partial charge in [-0.2, -0.15) is 0 Å². The zero-order chi connectivity index (χ0) is 9.97. The number of nitrogens with zero attached hydrogens (tertiary/aromatic N) is 1. The maximum absolute atomic E-state index is 5.71. The van der Waals surface area contributed by atoms with Gasteiger partial charge in [0.1, 0.15) is 5.84 Å². The monoisotopic (exact) mass is 190 g/mol. The normalized spacial score (nSPS) is 15.4. The molecule has 0 amide bonds. The molecular weight excluding hydrogens is 176 g/mol. The Labute approximate surface area is 83.0 Å². The molecule has 0 bridgehead atoms. The number of fused-ring (bicyclic) bond motifs is 1. The van der Waals surface area contributed by atoms with Gasteiger partial charge < -0.3 is 11.2 Å². The zero-order valence-corrected chi connectivity index (χ0v) is 7.96. The van der Waals surface area contributed by atoms with Crippen molar-refractivity contribution in [3.05, 3.63) is 23.8 Å². The van der Waals surface area contributed by atoms with E-state index in [0.717, 1.165) is 36.5 Å². The van der Waals surface area contributed by atoms with E-state index in [0.29, 0.717) is 0 Å². The van der Waals surface area contributed by atoms with Crippen molar-refractivity contribution in [2.45, 2.75) is 19.3 Å². The Kier molecular flexibility index (Phi) is 2.37. The molecule has 1 aromatic rings. The van der Waals surface area contributed by atoms with Gasteiger partial charge in [-0.1, -0.05) is 0 Å². The molecule has 0 spiro atoms. The van der Waals surface area contributed by atoms with Crippen LogP contribution < -0.4 is 17.0 Å². The van der Waals surface area contributed by atoms with Crippen LogP contribution >= 0.6 is 0 Å². The number of rotatable bonds is 0. The van der Waals surface area contributed by atoms with Gasteiger partial charge in [-0.05, 0) is 36.6 Å². The Hall–Kier alpha value is -1.55. The molecule has 74 valence electrons. The van der Waals surface area contributed by atoms with E-state index in [1.807, 2.05) is 18.2 Å². The summed E-state index contributed by atoms with van der Waals surface area (Å²) >= 11 is 0. The fraction of sp³-hybridized carbons (Fsp3) is 0.300. The highest BCUT2D eigenvalue weighted by atomic mass is 15.2. The zero-order valence-electron chi connectivity index (χ0n) is 7.96. The largest absolute Gasteiger partial charge is 0.399 e. The first-order valence-electron chi connectivity index (χ1n) is 4.72. The van der Waals surface area contributed by atoms with Crippen molar-refractivity contribution < 1.29 is 0 Å². The third-order valence-corrected chi connectivity index (χ3v) is 2.39. The third-order valence-electron chi connectivity index (χ3n) is 2.39. The summed E-state index contributed by atoms with van der Waals surface area (Å²) in [5.41, 5.74) is 11.3. The second kappa shape index (κ2) is 3.67. The number of nitrogen functional groups attached to an aromatic ring is 1. The van der Waals surface area contributed by atoms with E-state index >= 15 is 0 Å². The molecule has 0 atom stereocenters. The van der Waals surface area contributed by atoms with Crippen molar-refractivity contribution >= 4 is 17.2 Å². The lowest BCUT2D eigenvalue weighted by Gasteiger charge is -2.03. The molecule has 4 nitrogen and oxygen atoms in total. The fourth-order valence-corrected chi connectivity index (χ4v) is 1.67. The highest BCUT2D eigenvalue weighted by Gasteiger charge is 2.09. The molecule has 1 aromatic carbocycles. The number of hydrogen-bond acceptors (Lipinski definition) is 4. The van der Waals surface area contributed by atoms with Crippen LogP contribution in [0.4, 0.5) is 11.4 Å². The molecule has 0 saturated carbocycles. The number of hydrogen-bond donors (Lipinski definition) is 3. The van der Waals surface area contributed by atoms with Crippen LogP contribution in [0.15, 0.2) is 23.2 Å². The van der Waals surface area contributed by atoms with Gasteiger partial charge in [-0.25, -0.2) is 10.8 Å². The first kappa shape index (κ1) is 9.02. The van der Waals surface area contributed by atoms with E-state index in [-0.39, 0.29) is 0 Å². The minimum absolute atomic E-state index is 0.795. The lowest BCUT2D eigenvalue weighted by atomic mass is 10.1. The lowest BCUT2D eigenvalue weighted by molar-refractivity contribution is 0.847. The molecule has 5 N–H and O–H groups in total. The molecule has 0 aromatic heterocycles. The first-order valence-corrected chi connectivity index (χ1v) is 4.72. The highest BCUT2D eigenvalue weighted by molar-refractivity contribution is 5.85. The number of aliphatic imine (C=N–C) groups is 1. The van der Waals surface area contributed by atoms with Gasteiger partial charge in [0, 0.05) is 12.1 Å². The molecule has 1 aliphatic rings. The summed E-state index contributed by atoms with van der Waals surface area (Å²) in [6, 6.07) is 5.79. The molecule has 4 heteroatoms. The maximum Gasteiger partial charge on any atom is 0.116 e. The third kappa shape index (κ3) is 1.70. The van der Waals surface area contributed by atoms with E-state index in [2.05, 4.69) is 10.4 Å². The Morgan fingerprint density at radius 1 is 1.29 bits per heavy atom. The molecule has 0 fully saturated rings. The van der Waals surface area contributed by atoms with Crippen molar-refractivity contribution in [2.75, 3.05) is 5.73 Å². The Bertz CT molecular complexity index is 370. The number of aryl methyl sites for hydroxylation is 1. The number of hydrazine groups is 1. The quantitative estimate of drug-likeness (QED) is 0.326. The molecule has 0 radical (unpaired) electrons. The van der Waals surface area contributed by atoms with Crippen molar-refractivity contribution in [3.8, 4) is 0 Å². The molecule has 1 aliphatic heterocycles. The summed E-state index contributed by atoms with van der Waals surface area (Å²) < 4.78 is 0. The van der Waals surface area contributed by atoms with Crippen LogP contribution in [0.1, 0.15) is 18.4 Å². The standard InChI is InChI=1S/C10H14N4/c11-8-4-5-9-7(6-8)2-1-3-10(13-9)14-12/h4-6H,1-3,11-12H2,(H,13,14). The predicted octanol–water partition coefficient (Wildman–Crippen LogP) is 1.10. The van der Waals surface area contributed by atoms with Gasteiger partial charge in [-0.15, -0.1) is 0 Å². The van der Waals surface area contributed by atoms with Crippen LogP contribution in [0.25, 0.3) is 0 Å². The molecule has 2 rings (SSSR count). The molecule has 0 aliphatic carbocycles. The van der Waals surface area contributed by atoms with Crippen molar-refractivity contribution in [1.82, 2.24) is 5.43 Å². The van der Waals surface area contributed by atoms with E-state index < -0.39 is 0 Å². The predicted molar refractivity (Wildman–Crippen MR) is 58.2 cm³/mol. The second-order valence-corrected chi connectivity index (χ2v) is 3.44. The van der Waals surface area contributed by atoms with E-state index in [4.69, 9.17) is 11.6 Å². The Morgan fingerprint density at radius 2 is 2.14 bits per heavy atom. The van der Waals surface area contributed by atoms with Crippen molar-refractivity contribution in [3.63, 3.8) is 0 Å². The van der Waals surface area contributed by atoms with E-state index in [9.17, 15) is 0 Å². The van der Waals surface area contributed by atoms with E-state index in [1.54, 1.807) is 0 Å². The smallest absolute Gasteiger partial charge is 0.116 e. The minimum Gasteiger partial charge on any atom is -0.399 e. The van der Waals surface area contributed by atoms with E-state index in [1.165, 1.54) is 5.56 Å². The average Bonchev–Trinajstić information content (AvgIpc) is 2.38. The Balaban J connectivity index is 2.42. The van der Waals surface area contributed by atoms with Gasteiger partial charge in [0.25, 0.3) is 0 Å². The summed E-state index contributed by atoms with van der Waals surface area (Å²) in [5, 5.41) is 0. The van der Waals surface area contributed by atoms with Crippen LogP contribution in [0.5, 0.6) is 0 Å².